The Balaban J connectivity index is 2.07. The van der Waals surface area contributed by atoms with Gasteiger partial charge < -0.3 is 0 Å². The summed E-state index contributed by atoms with van der Waals surface area (Å²) in [5, 5.41) is 0. The van der Waals surface area contributed by atoms with Gasteiger partial charge in [-0.25, -0.2) is 0 Å². The number of benzene rings is 1. The summed E-state index contributed by atoms with van der Waals surface area (Å²) in [4.78, 5) is 2.67. The van der Waals surface area contributed by atoms with E-state index in [0.717, 1.165) is 6.04 Å². The molecule has 1 aliphatic carbocycles. The quantitative estimate of drug-likeness (QED) is 0.680. The molecule has 1 aliphatic rings. The minimum Gasteiger partial charge on any atom is -0.296 e. The zero-order valence-electron chi connectivity index (χ0n) is 12.6. The largest absolute Gasteiger partial charge is 0.296 e. The Morgan fingerprint density at radius 2 is 1.79 bits per heavy atom. The van der Waals surface area contributed by atoms with E-state index >= 15 is 0 Å². The van der Waals surface area contributed by atoms with Gasteiger partial charge in [-0.3, -0.25) is 4.90 Å². The van der Waals surface area contributed by atoms with Gasteiger partial charge in [0.1, 0.15) is 0 Å². The van der Waals surface area contributed by atoms with Crippen molar-refractivity contribution in [1.82, 2.24) is 4.90 Å². The van der Waals surface area contributed by atoms with Gasteiger partial charge in [0.2, 0.25) is 0 Å². The van der Waals surface area contributed by atoms with Gasteiger partial charge in [-0.15, -0.1) is 0 Å². The third-order valence-electron chi connectivity index (χ3n) is 4.66. The van der Waals surface area contributed by atoms with Crippen molar-refractivity contribution in [1.29, 1.82) is 0 Å². The van der Waals surface area contributed by atoms with Crippen molar-refractivity contribution in [2.45, 2.75) is 70.4 Å². The Hall–Kier alpha value is -0.820. The van der Waals surface area contributed by atoms with Gasteiger partial charge >= 0.3 is 0 Å². The van der Waals surface area contributed by atoms with Crippen LogP contribution in [-0.4, -0.2) is 18.0 Å². The summed E-state index contributed by atoms with van der Waals surface area (Å²) in [5.41, 5.74) is 1.50. The third-order valence-corrected chi connectivity index (χ3v) is 4.66. The third kappa shape index (κ3) is 4.07. The molecule has 2 rings (SSSR count). The van der Waals surface area contributed by atoms with Gasteiger partial charge in [0.25, 0.3) is 0 Å². The van der Waals surface area contributed by atoms with Crippen LogP contribution in [0.1, 0.15) is 69.9 Å². The molecule has 1 fully saturated rings. The molecule has 0 N–H and O–H groups in total. The highest BCUT2D eigenvalue weighted by Gasteiger charge is 2.24. The molecular formula is C18H29N. The van der Waals surface area contributed by atoms with E-state index in [-0.39, 0.29) is 0 Å². The molecule has 1 atom stereocenters. The Kier molecular flexibility index (Phi) is 5.91. The molecule has 1 aromatic rings. The van der Waals surface area contributed by atoms with Crippen LogP contribution in [-0.2, 0) is 0 Å². The maximum Gasteiger partial charge on any atom is 0.0348 e. The van der Waals surface area contributed by atoms with Gasteiger partial charge in [0.15, 0.2) is 0 Å². The lowest BCUT2D eigenvalue weighted by atomic mass is 9.91. The van der Waals surface area contributed by atoms with Crippen molar-refractivity contribution in [2.24, 2.45) is 0 Å². The van der Waals surface area contributed by atoms with Gasteiger partial charge in [-0.2, -0.15) is 0 Å². The van der Waals surface area contributed by atoms with E-state index in [9.17, 15) is 0 Å². The molecule has 0 amide bonds. The minimum absolute atomic E-state index is 0.615. The smallest absolute Gasteiger partial charge is 0.0348 e. The number of hydrogen-bond donors (Lipinski definition) is 0. The molecule has 1 unspecified atom stereocenters. The molecule has 0 bridgehead atoms. The molecule has 0 saturated heterocycles. The van der Waals surface area contributed by atoms with Crippen LogP contribution in [0.2, 0.25) is 0 Å². The Bertz CT molecular complexity index is 340. The van der Waals surface area contributed by atoms with Crippen LogP contribution in [0.3, 0.4) is 0 Å². The maximum atomic E-state index is 2.67. The van der Waals surface area contributed by atoms with Gasteiger partial charge in [0.05, 0.1) is 0 Å². The molecule has 1 aromatic carbocycles. The summed E-state index contributed by atoms with van der Waals surface area (Å²) < 4.78 is 0. The minimum atomic E-state index is 0.615. The number of hydrogen-bond acceptors (Lipinski definition) is 1. The van der Waals surface area contributed by atoms with Crippen molar-refractivity contribution in [3.63, 3.8) is 0 Å². The maximum absolute atomic E-state index is 2.67. The van der Waals surface area contributed by atoms with E-state index in [1.165, 1.54) is 56.9 Å². The average molecular weight is 259 g/mol. The topological polar surface area (TPSA) is 3.24 Å². The van der Waals surface area contributed by atoms with Crippen LogP contribution in [0.4, 0.5) is 0 Å². The highest BCUT2D eigenvalue weighted by molar-refractivity contribution is 5.19. The summed E-state index contributed by atoms with van der Waals surface area (Å²) in [6, 6.07) is 12.5. The highest BCUT2D eigenvalue weighted by Crippen LogP contribution is 2.31. The Morgan fingerprint density at radius 1 is 1.11 bits per heavy atom. The predicted octanol–water partition coefficient (Wildman–Crippen LogP) is 5.18. The fourth-order valence-corrected chi connectivity index (χ4v) is 3.42. The SMILES string of the molecule is CCCCC(c1ccccc1)N(C)C1CCCCC1. The van der Waals surface area contributed by atoms with Crippen molar-refractivity contribution >= 4 is 0 Å². The lowest BCUT2D eigenvalue weighted by molar-refractivity contribution is 0.129. The van der Waals surface area contributed by atoms with E-state index in [1.807, 2.05) is 0 Å². The standard InChI is InChI=1S/C18H29N/c1-3-4-15-18(16-11-7-5-8-12-16)19(2)17-13-9-6-10-14-17/h5,7-8,11-12,17-18H,3-4,6,9-10,13-15H2,1-2H3. The van der Waals surface area contributed by atoms with Gasteiger partial charge in [0, 0.05) is 12.1 Å². The lowest BCUT2D eigenvalue weighted by Crippen LogP contribution is -2.36. The molecule has 1 nitrogen and oxygen atoms in total. The summed E-state index contributed by atoms with van der Waals surface area (Å²) in [6.45, 7) is 2.29. The van der Waals surface area contributed by atoms with Crippen molar-refractivity contribution in [3.8, 4) is 0 Å². The molecular weight excluding hydrogens is 230 g/mol. The van der Waals surface area contributed by atoms with E-state index in [4.69, 9.17) is 0 Å². The second-order valence-corrected chi connectivity index (χ2v) is 6.03. The van der Waals surface area contributed by atoms with Crippen molar-refractivity contribution in [2.75, 3.05) is 7.05 Å². The van der Waals surface area contributed by atoms with Crippen LogP contribution in [0, 0.1) is 0 Å². The summed E-state index contributed by atoms with van der Waals surface area (Å²) in [7, 11) is 2.35. The first kappa shape index (κ1) is 14.6. The molecule has 0 aliphatic heterocycles. The van der Waals surface area contributed by atoms with Crippen LogP contribution in [0.15, 0.2) is 30.3 Å². The molecule has 0 heterocycles. The molecule has 0 aromatic heterocycles. The molecule has 19 heavy (non-hydrogen) atoms. The Morgan fingerprint density at radius 3 is 2.42 bits per heavy atom. The predicted molar refractivity (Wildman–Crippen MR) is 83.3 cm³/mol. The average Bonchev–Trinajstić information content (AvgIpc) is 2.49. The van der Waals surface area contributed by atoms with E-state index in [2.05, 4.69) is 49.2 Å². The van der Waals surface area contributed by atoms with Crippen LogP contribution in [0.25, 0.3) is 0 Å². The van der Waals surface area contributed by atoms with Crippen LogP contribution in [0.5, 0.6) is 0 Å². The molecule has 0 radical (unpaired) electrons. The molecule has 1 saturated carbocycles. The fourth-order valence-electron chi connectivity index (χ4n) is 3.42. The summed E-state index contributed by atoms with van der Waals surface area (Å²) >= 11 is 0. The van der Waals surface area contributed by atoms with Crippen LogP contribution >= 0.6 is 0 Å². The van der Waals surface area contributed by atoms with E-state index in [0.29, 0.717) is 6.04 Å². The summed E-state index contributed by atoms with van der Waals surface area (Å²) in [5.74, 6) is 0. The van der Waals surface area contributed by atoms with Gasteiger partial charge in [-0.05, 0) is 31.9 Å². The van der Waals surface area contributed by atoms with Gasteiger partial charge in [-0.1, -0.05) is 69.4 Å². The van der Waals surface area contributed by atoms with Crippen molar-refractivity contribution < 1.29 is 0 Å². The first-order valence-electron chi connectivity index (χ1n) is 8.09. The number of nitrogens with zero attached hydrogens (tertiary/aromatic N) is 1. The lowest BCUT2D eigenvalue weighted by Gasteiger charge is -2.37. The Labute approximate surface area is 119 Å². The van der Waals surface area contributed by atoms with Crippen LogP contribution < -0.4 is 0 Å². The van der Waals surface area contributed by atoms with E-state index in [1.54, 1.807) is 0 Å². The first-order valence-corrected chi connectivity index (χ1v) is 8.09. The molecule has 1 heteroatoms. The zero-order valence-corrected chi connectivity index (χ0v) is 12.6. The monoisotopic (exact) mass is 259 g/mol. The second kappa shape index (κ2) is 7.69. The molecule has 106 valence electrons. The van der Waals surface area contributed by atoms with E-state index < -0.39 is 0 Å². The normalized spacial score (nSPS) is 18.7. The highest BCUT2D eigenvalue weighted by atomic mass is 15.2. The number of unbranched alkanes of at least 4 members (excludes halogenated alkanes) is 1. The molecule has 0 spiro atoms. The first-order chi connectivity index (χ1) is 9.33. The zero-order chi connectivity index (χ0) is 13.5. The number of rotatable bonds is 6. The van der Waals surface area contributed by atoms with Crippen molar-refractivity contribution in [3.05, 3.63) is 35.9 Å². The summed E-state index contributed by atoms with van der Waals surface area (Å²) in [6.07, 6.45) is 11.0. The fraction of sp³-hybridized carbons (Fsp3) is 0.667. The second-order valence-electron chi connectivity index (χ2n) is 6.03.